The number of rotatable bonds is 5. The number of hydrogen-bond acceptors (Lipinski definition) is 5. The molecule has 1 heterocycles. The average molecular weight is 293 g/mol. The van der Waals surface area contributed by atoms with Crippen molar-refractivity contribution in [2.75, 3.05) is 33.9 Å². The Balaban J connectivity index is 2.52. The summed E-state index contributed by atoms with van der Waals surface area (Å²) in [6, 6.07) is 5.57. The summed E-state index contributed by atoms with van der Waals surface area (Å²) in [5.41, 5.74) is 0.186. The van der Waals surface area contributed by atoms with Crippen molar-refractivity contribution in [3.8, 4) is 11.5 Å². The highest BCUT2D eigenvalue weighted by molar-refractivity contribution is 5.84. The minimum absolute atomic E-state index is 0.182. The molecule has 0 aromatic heterocycles. The second-order valence-electron chi connectivity index (χ2n) is 5.12. The average Bonchev–Trinajstić information content (AvgIpc) is 2.55. The summed E-state index contributed by atoms with van der Waals surface area (Å²) >= 11 is 0. The number of esters is 1. The molecule has 0 unspecified atom stereocenters. The minimum Gasteiger partial charge on any atom is -0.497 e. The zero-order valence-corrected chi connectivity index (χ0v) is 12.9. The van der Waals surface area contributed by atoms with Crippen molar-refractivity contribution < 1.29 is 19.0 Å². The van der Waals surface area contributed by atoms with Gasteiger partial charge in [-0.15, -0.1) is 0 Å². The van der Waals surface area contributed by atoms with Crippen LogP contribution in [-0.4, -0.2) is 39.9 Å². The monoisotopic (exact) mass is 293 g/mol. The Kier molecular flexibility index (Phi) is 5.07. The molecule has 5 nitrogen and oxygen atoms in total. The Hall–Kier alpha value is -1.75. The molecule has 0 spiro atoms. The largest absolute Gasteiger partial charge is 0.497 e. The molecule has 1 N–H and O–H groups in total. The Labute approximate surface area is 125 Å². The number of carbonyl (C=O) groups is 1. The van der Waals surface area contributed by atoms with Gasteiger partial charge in [0.15, 0.2) is 0 Å². The lowest BCUT2D eigenvalue weighted by Gasteiger charge is -2.36. The first-order valence-corrected chi connectivity index (χ1v) is 7.28. The van der Waals surface area contributed by atoms with E-state index in [1.54, 1.807) is 14.2 Å². The molecule has 1 aliphatic heterocycles. The summed E-state index contributed by atoms with van der Waals surface area (Å²) in [4.78, 5) is 12.6. The standard InChI is InChI=1S/C16H23NO4/c1-4-21-15(18)16(7-9-17-10-8-16)13-11-12(19-2)5-6-14(13)20-3/h5-6,11,17H,4,7-10H2,1-3H3. The van der Waals surface area contributed by atoms with Crippen LogP contribution < -0.4 is 14.8 Å². The molecule has 0 aliphatic carbocycles. The van der Waals surface area contributed by atoms with Crippen molar-refractivity contribution in [1.82, 2.24) is 5.32 Å². The molecule has 1 aromatic carbocycles. The van der Waals surface area contributed by atoms with E-state index in [2.05, 4.69) is 5.32 Å². The Morgan fingerprint density at radius 2 is 1.95 bits per heavy atom. The molecule has 1 fully saturated rings. The molecular formula is C16H23NO4. The fourth-order valence-electron chi connectivity index (χ4n) is 2.89. The van der Waals surface area contributed by atoms with Crippen molar-refractivity contribution in [2.24, 2.45) is 0 Å². The van der Waals surface area contributed by atoms with Gasteiger partial charge in [0.05, 0.1) is 26.2 Å². The maximum absolute atomic E-state index is 12.6. The maximum Gasteiger partial charge on any atom is 0.316 e. The molecule has 116 valence electrons. The highest BCUT2D eigenvalue weighted by Crippen LogP contribution is 2.41. The van der Waals surface area contributed by atoms with Gasteiger partial charge in [0, 0.05) is 5.56 Å². The van der Waals surface area contributed by atoms with Gasteiger partial charge in [-0.1, -0.05) is 0 Å². The van der Waals surface area contributed by atoms with Gasteiger partial charge in [0.25, 0.3) is 0 Å². The molecule has 5 heteroatoms. The van der Waals surface area contributed by atoms with Gasteiger partial charge < -0.3 is 19.5 Å². The van der Waals surface area contributed by atoms with Gasteiger partial charge in [-0.2, -0.15) is 0 Å². The minimum atomic E-state index is -0.666. The number of hydrogen-bond donors (Lipinski definition) is 1. The Bertz CT molecular complexity index is 495. The SMILES string of the molecule is CCOC(=O)C1(c2cc(OC)ccc2OC)CCNCC1. The van der Waals surface area contributed by atoms with E-state index in [1.807, 2.05) is 25.1 Å². The normalized spacial score (nSPS) is 17.1. The van der Waals surface area contributed by atoms with E-state index < -0.39 is 5.41 Å². The molecule has 0 saturated carbocycles. The van der Waals surface area contributed by atoms with Gasteiger partial charge in [-0.25, -0.2) is 0 Å². The Morgan fingerprint density at radius 1 is 1.24 bits per heavy atom. The predicted molar refractivity (Wildman–Crippen MR) is 80.0 cm³/mol. The summed E-state index contributed by atoms with van der Waals surface area (Å²) in [6.07, 6.45) is 1.38. The molecule has 1 aromatic rings. The van der Waals surface area contributed by atoms with Crippen LogP contribution in [-0.2, 0) is 14.9 Å². The summed E-state index contributed by atoms with van der Waals surface area (Å²) in [6.45, 7) is 3.76. The molecule has 0 atom stereocenters. The third-order valence-corrected chi connectivity index (χ3v) is 4.05. The van der Waals surface area contributed by atoms with Gasteiger partial charge in [0.1, 0.15) is 11.5 Å². The number of carbonyl (C=O) groups excluding carboxylic acids is 1. The molecule has 0 radical (unpaired) electrons. The summed E-state index contributed by atoms with van der Waals surface area (Å²) in [5, 5.41) is 3.29. The zero-order valence-electron chi connectivity index (χ0n) is 12.9. The summed E-state index contributed by atoms with van der Waals surface area (Å²) < 4.78 is 16.1. The van der Waals surface area contributed by atoms with Crippen LogP contribution in [0.25, 0.3) is 0 Å². The van der Waals surface area contributed by atoms with E-state index in [0.717, 1.165) is 18.7 Å². The van der Waals surface area contributed by atoms with Crippen LogP contribution in [0.15, 0.2) is 18.2 Å². The van der Waals surface area contributed by atoms with Crippen molar-refractivity contribution in [3.05, 3.63) is 23.8 Å². The highest BCUT2D eigenvalue weighted by atomic mass is 16.5. The zero-order chi connectivity index (χ0) is 15.3. The Morgan fingerprint density at radius 3 is 2.52 bits per heavy atom. The molecular weight excluding hydrogens is 270 g/mol. The van der Waals surface area contributed by atoms with E-state index in [9.17, 15) is 4.79 Å². The van der Waals surface area contributed by atoms with Gasteiger partial charge in [-0.3, -0.25) is 4.79 Å². The summed E-state index contributed by atoms with van der Waals surface area (Å²) in [5.74, 6) is 1.23. The van der Waals surface area contributed by atoms with Crippen LogP contribution in [0, 0.1) is 0 Å². The molecule has 2 rings (SSSR count). The van der Waals surface area contributed by atoms with Gasteiger partial charge in [0.2, 0.25) is 0 Å². The van der Waals surface area contributed by atoms with Crippen molar-refractivity contribution in [1.29, 1.82) is 0 Å². The highest BCUT2D eigenvalue weighted by Gasteiger charge is 2.44. The van der Waals surface area contributed by atoms with Crippen molar-refractivity contribution in [2.45, 2.75) is 25.2 Å². The van der Waals surface area contributed by atoms with E-state index in [1.165, 1.54) is 0 Å². The topological polar surface area (TPSA) is 56.8 Å². The first-order valence-electron chi connectivity index (χ1n) is 7.28. The number of benzene rings is 1. The lowest BCUT2D eigenvalue weighted by atomic mass is 9.72. The van der Waals surface area contributed by atoms with E-state index in [-0.39, 0.29) is 5.97 Å². The second kappa shape index (κ2) is 6.80. The smallest absolute Gasteiger partial charge is 0.316 e. The number of piperidine rings is 1. The molecule has 1 saturated heterocycles. The van der Waals surface area contributed by atoms with Crippen LogP contribution in [0.1, 0.15) is 25.3 Å². The maximum atomic E-state index is 12.6. The van der Waals surface area contributed by atoms with Gasteiger partial charge >= 0.3 is 5.97 Å². The number of ether oxygens (including phenoxy) is 3. The predicted octanol–water partition coefficient (Wildman–Crippen LogP) is 1.89. The van der Waals surface area contributed by atoms with Crippen LogP contribution >= 0.6 is 0 Å². The lowest BCUT2D eigenvalue weighted by Crippen LogP contribution is -2.46. The quantitative estimate of drug-likeness (QED) is 0.840. The van der Waals surface area contributed by atoms with Crippen LogP contribution in [0.4, 0.5) is 0 Å². The number of methoxy groups -OCH3 is 2. The lowest BCUT2D eigenvalue weighted by molar-refractivity contribution is -0.151. The summed E-state index contributed by atoms with van der Waals surface area (Å²) in [7, 11) is 3.23. The third-order valence-electron chi connectivity index (χ3n) is 4.05. The van der Waals surface area contributed by atoms with Crippen molar-refractivity contribution in [3.63, 3.8) is 0 Å². The molecule has 0 bridgehead atoms. The van der Waals surface area contributed by atoms with Crippen LogP contribution in [0.3, 0.4) is 0 Å². The van der Waals surface area contributed by atoms with Crippen LogP contribution in [0.2, 0.25) is 0 Å². The molecule has 21 heavy (non-hydrogen) atoms. The fraction of sp³-hybridized carbons (Fsp3) is 0.562. The van der Waals surface area contributed by atoms with Crippen molar-refractivity contribution >= 4 is 5.97 Å². The first kappa shape index (κ1) is 15.6. The van der Waals surface area contributed by atoms with E-state index in [0.29, 0.717) is 30.9 Å². The molecule has 0 amide bonds. The van der Waals surface area contributed by atoms with E-state index in [4.69, 9.17) is 14.2 Å². The van der Waals surface area contributed by atoms with Crippen LogP contribution in [0.5, 0.6) is 11.5 Å². The fourth-order valence-corrected chi connectivity index (χ4v) is 2.89. The van der Waals surface area contributed by atoms with E-state index >= 15 is 0 Å². The van der Waals surface area contributed by atoms with Gasteiger partial charge in [-0.05, 0) is 51.1 Å². The first-order chi connectivity index (χ1) is 10.2. The second-order valence-corrected chi connectivity index (χ2v) is 5.12. The third kappa shape index (κ3) is 2.97. The number of nitrogens with one attached hydrogen (secondary N) is 1. The molecule has 1 aliphatic rings.